The molecule has 3 heteroatoms. The van der Waals surface area contributed by atoms with E-state index in [1.54, 1.807) is 6.07 Å². The highest BCUT2D eigenvalue weighted by Gasteiger charge is 2.09. The summed E-state index contributed by atoms with van der Waals surface area (Å²) in [4.78, 5) is 12.0. The molecule has 3 aromatic rings. The van der Waals surface area contributed by atoms with Crippen LogP contribution in [-0.2, 0) is 0 Å². The van der Waals surface area contributed by atoms with E-state index in [0.717, 1.165) is 16.5 Å². The van der Waals surface area contributed by atoms with Crippen LogP contribution in [0.3, 0.4) is 0 Å². The van der Waals surface area contributed by atoms with Crippen molar-refractivity contribution in [1.82, 2.24) is 0 Å². The Labute approximate surface area is 109 Å². The van der Waals surface area contributed by atoms with Crippen LogP contribution in [0.2, 0.25) is 0 Å². The second-order valence-electron chi connectivity index (χ2n) is 4.49. The number of phenolic OH excluding ortho intramolecular Hbond substituents is 1. The van der Waals surface area contributed by atoms with Crippen molar-refractivity contribution in [3.63, 3.8) is 0 Å². The van der Waals surface area contributed by atoms with Crippen molar-refractivity contribution in [2.75, 3.05) is 0 Å². The van der Waals surface area contributed by atoms with Crippen LogP contribution in [0, 0.1) is 6.92 Å². The molecule has 19 heavy (non-hydrogen) atoms. The number of benzene rings is 2. The first-order chi connectivity index (χ1) is 9.15. The maximum Gasteiger partial charge on any atom is 0.344 e. The molecule has 0 atom stereocenters. The van der Waals surface area contributed by atoms with Crippen molar-refractivity contribution < 1.29 is 9.52 Å². The van der Waals surface area contributed by atoms with E-state index in [4.69, 9.17) is 4.42 Å². The standard InChI is InChI=1S/C16H12O3/c1-10-7-12(17)8-15-13(10)9-14(16(18)19-15)11-5-3-2-4-6-11/h2-9,17H,1H3. The molecule has 0 fully saturated rings. The monoisotopic (exact) mass is 252 g/mol. The highest BCUT2D eigenvalue weighted by atomic mass is 16.4. The molecule has 94 valence electrons. The maximum atomic E-state index is 12.0. The first-order valence-electron chi connectivity index (χ1n) is 5.98. The molecule has 1 aromatic heterocycles. The highest BCUT2D eigenvalue weighted by Crippen LogP contribution is 2.26. The van der Waals surface area contributed by atoms with Gasteiger partial charge in [0.15, 0.2) is 0 Å². The van der Waals surface area contributed by atoms with Gasteiger partial charge in [-0.05, 0) is 30.2 Å². The van der Waals surface area contributed by atoms with Gasteiger partial charge in [0.05, 0.1) is 5.56 Å². The minimum Gasteiger partial charge on any atom is -0.508 e. The molecule has 0 amide bonds. The molecule has 0 saturated carbocycles. The molecule has 0 saturated heterocycles. The smallest absolute Gasteiger partial charge is 0.344 e. The zero-order valence-corrected chi connectivity index (χ0v) is 10.4. The molecule has 0 radical (unpaired) electrons. The van der Waals surface area contributed by atoms with Crippen LogP contribution in [0.5, 0.6) is 5.75 Å². The van der Waals surface area contributed by atoms with Crippen LogP contribution in [0.15, 0.2) is 57.7 Å². The van der Waals surface area contributed by atoms with E-state index in [-0.39, 0.29) is 5.75 Å². The predicted molar refractivity (Wildman–Crippen MR) is 74.3 cm³/mol. The lowest BCUT2D eigenvalue weighted by molar-refractivity contribution is 0.472. The Morgan fingerprint density at radius 2 is 1.79 bits per heavy atom. The number of hydrogen-bond donors (Lipinski definition) is 1. The van der Waals surface area contributed by atoms with E-state index < -0.39 is 5.63 Å². The lowest BCUT2D eigenvalue weighted by Crippen LogP contribution is -2.02. The van der Waals surface area contributed by atoms with E-state index in [0.29, 0.717) is 11.1 Å². The molecule has 0 unspecified atom stereocenters. The van der Waals surface area contributed by atoms with Gasteiger partial charge in [-0.3, -0.25) is 0 Å². The lowest BCUT2D eigenvalue weighted by Gasteiger charge is -2.05. The van der Waals surface area contributed by atoms with Crippen molar-refractivity contribution in [3.05, 3.63) is 64.5 Å². The van der Waals surface area contributed by atoms with E-state index in [1.807, 2.05) is 43.3 Å². The third-order valence-corrected chi connectivity index (χ3v) is 3.13. The minimum atomic E-state index is -0.399. The van der Waals surface area contributed by atoms with Crippen molar-refractivity contribution >= 4 is 11.0 Å². The molecule has 0 aliphatic rings. The minimum absolute atomic E-state index is 0.0978. The normalized spacial score (nSPS) is 10.8. The van der Waals surface area contributed by atoms with Crippen molar-refractivity contribution in [3.8, 4) is 16.9 Å². The number of aryl methyl sites for hydroxylation is 1. The molecule has 1 N–H and O–H groups in total. The largest absolute Gasteiger partial charge is 0.508 e. The van der Waals surface area contributed by atoms with E-state index >= 15 is 0 Å². The Kier molecular flexibility index (Phi) is 2.60. The highest BCUT2D eigenvalue weighted by molar-refractivity contribution is 5.85. The van der Waals surface area contributed by atoms with Crippen LogP contribution in [0.25, 0.3) is 22.1 Å². The molecule has 0 aliphatic carbocycles. The number of hydrogen-bond acceptors (Lipinski definition) is 3. The average molecular weight is 252 g/mol. The summed E-state index contributed by atoms with van der Waals surface area (Å²) in [6, 6.07) is 14.3. The van der Waals surface area contributed by atoms with Crippen LogP contribution < -0.4 is 5.63 Å². The molecular weight excluding hydrogens is 240 g/mol. The third-order valence-electron chi connectivity index (χ3n) is 3.13. The first-order valence-corrected chi connectivity index (χ1v) is 5.98. The first kappa shape index (κ1) is 11.5. The molecule has 0 aliphatic heterocycles. The van der Waals surface area contributed by atoms with Gasteiger partial charge in [0.1, 0.15) is 11.3 Å². The Morgan fingerprint density at radius 1 is 1.05 bits per heavy atom. The Hall–Kier alpha value is -2.55. The summed E-state index contributed by atoms with van der Waals surface area (Å²) in [5.41, 5.74) is 2.23. The second kappa shape index (κ2) is 4.28. The average Bonchev–Trinajstić information content (AvgIpc) is 2.38. The zero-order chi connectivity index (χ0) is 13.4. The lowest BCUT2D eigenvalue weighted by atomic mass is 10.0. The topological polar surface area (TPSA) is 50.4 Å². The van der Waals surface area contributed by atoms with Gasteiger partial charge < -0.3 is 9.52 Å². The third kappa shape index (κ3) is 1.99. The fourth-order valence-electron chi connectivity index (χ4n) is 2.19. The van der Waals surface area contributed by atoms with Crippen LogP contribution in [-0.4, -0.2) is 5.11 Å². The number of rotatable bonds is 1. The molecule has 0 bridgehead atoms. The number of fused-ring (bicyclic) bond motifs is 1. The van der Waals surface area contributed by atoms with Gasteiger partial charge in [0, 0.05) is 11.5 Å². The molecule has 0 spiro atoms. The SMILES string of the molecule is Cc1cc(O)cc2oc(=O)c(-c3ccccc3)cc12. The summed E-state index contributed by atoms with van der Waals surface area (Å²) in [7, 11) is 0. The molecule has 1 heterocycles. The van der Waals surface area contributed by atoms with Crippen molar-refractivity contribution in [2.24, 2.45) is 0 Å². The van der Waals surface area contributed by atoms with Crippen LogP contribution >= 0.6 is 0 Å². The Bertz CT molecular complexity index is 801. The van der Waals surface area contributed by atoms with E-state index in [2.05, 4.69) is 0 Å². The zero-order valence-electron chi connectivity index (χ0n) is 10.4. The summed E-state index contributed by atoms with van der Waals surface area (Å²) in [5, 5.41) is 10.4. The summed E-state index contributed by atoms with van der Waals surface area (Å²) >= 11 is 0. The fraction of sp³-hybridized carbons (Fsp3) is 0.0625. The van der Waals surface area contributed by atoms with Gasteiger partial charge >= 0.3 is 5.63 Å². The van der Waals surface area contributed by atoms with Gasteiger partial charge in [-0.2, -0.15) is 0 Å². The predicted octanol–water partition coefficient (Wildman–Crippen LogP) is 3.47. The quantitative estimate of drug-likeness (QED) is 0.674. The van der Waals surface area contributed by atoms with Gasteiger partial charge in [0.2, 0.25) is 0 Å². The molecule has 2 aromatic carbocycles. The summed E-state index contributed by atoms with van der Waals surface area (Å²) < 4.78 is 5.29. The maximum absolute atomic E-state index is 12.0. The van der Waals surface area contributed by atoms with E-state index in [1.165, 1.54) is 6.07 Å². The second-order valence-corrected chi connectivity index (χ2v) is 4.49. The fourth-order valence-corrected chi connectivity index (χ4v) is 2.19. The Morgan fingerprint density at radius 3 is 2.53 bits per heavy atom. The number of aromatic hydroxyl groups is 1. The summed E-state index contributed by atoms with van der Waals surface area (Å²) in [6.45, 7) is 1.87. The molecular formula is C16H12O3. The van der Waals surface area contributed by atoms with Crippen molar-refractivity contribution in [1.29, 1.82) is 0 Å². The number of phenols is 1. The summed E-state index contributed by atoms with van der Waals surface area (Å²) in [5.74, 6) is 0.0978. The molecule has 3 rings (SSSR count). The summed E-state index contributed by atoms with van der Waals surface area (Å²) in [6.07, 6.45) is 0. The van der Waals surface area contributed by atoms with Crippen LogP contribution in [0.1, 0.15) is 5.56 Å². The van der Waals surface area contributed by atoms with Crippen molar-refractivity contribution in [2.45, 2.75) is 6.92 Å². The molecule has 3 nitrogen and oxygen atoms in total. The van der Waals surface area contributed by atoms with Gasteiger partial charge in [-0.1, -0.05) is 30.3 Å². The van der Waals surface area contributed by atoms with Gasteiger partial charge in [-0.15, -0.1) is 0 Å². The van der Waals surface area contributed by atoms with Gasteiger partial charge in [0.25, 0.3) is 0 Å². The Balaban J connectivity index is 2.34. The van der Waals surface area contributed by atoms with E-state index in [9.17, 15) is 9.90 Å². The van der Waals surface area contributed by atoms with Gasteiger partial charge in [-0.25, -0.2) is 4.79 Å². The van der Waals surface area contributed by atoms with Crippen LogP contribution in [0.4, 0.5) is 0 Å².